The SMILES string of the molecule is CCCCCCCC/C=C/C(C)C. The first kappa shape index (κ1) is 12.7. The van der Waals surface area contributed by atoms with E-state index in [4.69, 9.17) is 0 Å². The lowest BCUT2D eigenvalue weighted by molar-refractivity contribution is 0.610. The van der Waals surface area contributed by atoms with Crippen LogP contribution in [-0.2, 0) is 0 Å². The molecule has 0 bridgehead atoms. The Balaban J connectivity index is 2.99. The van der Waals surface area contributed by atoms with Crippen LogP contribution in [0.15, 0.2) is 12.2 Å². The van der Waals surface area contributed by atoms with E-state index in [1.54, 1.807) is 0 Å². The van der Waals surface area contributed by atoms with E-state index in [2.05, 4.69) is 32.9 Å². The van der Waals surface area contributed by atoms with Crippen LogP contribution in [0, 0.1) is 5.92 Å². The summed E-state index contributed by atoms with van der Waals surface area (Å²) in [5.74, 6) is 0.722. The van der Waals surface area contributed by atoms with Gasteiger partial charge in [0.05, 0.1) is 0 Å². The van der Waals surface area contributed by atoms with Crippen LogP contribution in [0.3, 0.4) is 0 Å². The summed E-state index contributed by atoms with van der Waals surface area (Å²) in [6, 6.07) is 0. The van der Waals surface area contributed by atoms with Crippen LogP contribution in [0.4, 0.5) is 0 Å². The van der Waals surface area contributed by atoms with Crippen LogP contribution in [0.5, 0.6) is 0 Å². The van der Waals surface area contributed by atoms with Crippen molar-refractivity contribution in [3.8, 4) is 0 Å². The summed E-state index contributed by atoms with van der Waals surface area (Å²) in [6.45, 7) is 6.74. The largest absolute Gasteiger partial charge is 0.0883 e. The van der Waals surface area contributed by atoms with Gasteiger partial charge in [-0.2, -0.15) is 0 Å². The fourth-order valence-corrected chi connectivity index (χ4v) is 1.41. The van der Waals surface area contributed by atoms with E-state index in [-0.39, 0.29) is 0 Å². The van der Waals surface area contributed by atoms with E-state index in [0.29, 0.717) is 0 Å². The van der Waals surface area contributed by atoms with E-state index in [1.807, 2.05) is 0 Å². The molecule has 0 aliphatic carbocycles. The van der Waals surface area contributed by atoms with Crippen LogP contribution >= 0.6 is 0 Å². The number of rotatable bonds is 8. The summed E-state index contributed by atoms with van der Waals surface area (Å²) < 4.78 is 0. The van der Waals surface area contributed by atoms with Gasteiger partial charge in [0.25, 0.3) is 0 Å². The first-order valence-corrected chi connectivity index (χ1v) is 5.94. The summed E-state index contributed by atoms with van der Waals surface area (Å²) in [4.78, 5) is 0. The van der Waals surface area contributed by atoms with Crippen molar-refractivity contribution in [3.05, 3.63) is 12.2 Å². The van der Waals surface area contributed by atoms with Gasteiger partial charge in [-0.05, 0) is 18.8 Å². The molecule has 0 aromatic carbocycles. The van der Waals surface area contributed by atoms with Crippen molar-refractivity contribution in [2.24, 2.45) is 5.92 Å². The van der Waals surface area contributed by atoms with Crippen molar-refractivity contribution in [2.45, 2.75) is 65.7 Å². The van der Waals surface area contributed by atoms with E-state index >= 15 is 0 Å². The number of unbranched alkanes of at least 4 members (excludes halogenated alkanes) is 6. The van der Waals surface area contributed by atoms with Gasteiger partial charge in [0, 0.05) is 0 Å². The summed E-state index contributed by atoms with van der Waals surface area (Å²) in [5, 5.41) is 0. The third kappa shape index (κ3) is 11.7. The minimum atomic E-state index is 0.722. The minimum Gasteiger partial charge on any atom is -0.0883 e. The van der Waals surface area contributed by atoms with Crippen LogP contribution in [0.1, 0.15) is 65.7 Å². The molecule has 0 fully saturated rings. The Hall–Kier alpha value is -0.260. The second kappa shape index (κ2) is 9.83. The fraction of sp³-hybridized carbons (Fsp3) is 0.846. The van der Waals surface area contributed by atoms with Gasteiger partial charge >= 0.3 is 0 Å². The number of hydrogen-bond acceptors (Lipinski definition) is 0. The van der Waals surface area contributed by atoms with Gasteiger partial charge < -0.3 is 0 Å². The molecule has 0 spiro atoms. The van der Waals surface area contributed by atoms with Crippen LogP contribution in [0.25, 0.3) is 0 Å². The molecule has 0 aliphatic rings. The molecule has 0 rings (SSSR count). The van der Waals surface area contributed by atoms with Crippen molar-refractivity contribution in [1.82, 2.24) is 0 Å². The molecule has 0 saturated heterocycles. The zero-order valence-electron chi connectivity index (χ0n) is 9.68. The Morgan fingerprint density at radius 1 is 0.923 bits per heavy atom. The van der Waals surface area contributed by atoms with Crippen LogP contribution < -0.4 is 0 Å². The first-order valence-electron chi connectivity index (χ1n) is 5.94. The highest BCUT2D eigenvalue weighted by Crippen LogP contribution is 2.07. The maximum Gasteiger partial charge on any atom is -0.0290 e. The highest BCUT2D eigenvalue weighted by molar-refractivity contribution is 4.83. The van der Waals surface area contributed by atoms with Crippen molar-refractivity contribution in [3.63, 3.8) is 0 Å². The lowest BCUT2D eigenvalue weighted by Gasteiger charge is -1.98. The van der Waals surface area contributed by atoms with E-state index in [0.717, 1.165) is 5.92 Å². The average molecular weight is 182 g/mol. The molecule has 0 amide bonds. The van der Waals surface area contributed by atoms with E-state index in [9.17, 15) is 0 Å². The van der Waals surface area contributed by atoms with Crippen molar-refractivity contribution in [1.29, 1.82) is 0 Å². The van der Waals surface area contributed by atoms with Crippen LogP contribution in [0.2, 0.25) is 0 Å². The highest BCUT2D eigenvalue weighted by atomic mass is 13.9. The zero-order valence-corrected chi connectivity index (χ0v) is 9.68. The van der Waals surface area contributed by atoms with Gasteiger partial charge in [0.1, 0.15) is 0 Å². The van der Waals surface area contributed by atoms with Gasteiger partial charge in [-0.15, -0.1) is 0 Å². The third-order valence-corrected chi connectivity index (χ3v) is 2.25. The van der Waals surface area contributed by atoms with Gasteiger partial charge in [0.15, 0.2) is 0 Å². The van der Waals surface area contributed by atoms with E-state index < -0.39 is 0 Å². The minimum absolute atomic E-state index is 0.722. The number of hydrogen-bond donors (Lipinski definition) is 0. The standard InChI is InChI=1S/C13H26/c1-4-5-6-7-8-9-10-11-12-13(2)3/h11-13H,4-10H2,1-3H3/b12-11+. The van der Waals surface area contributed by atoms with Gasteiger partial charge in [-0.3, -0.25) is 0 Å². The maximum absolute atomic E-state index is 2.34. The Bertz CT molecular complexity index is 111. The fourth-order valence-electron chi connectivity index (χ4n) is 1.41. The molecule has 0 heteroatoms. The average Bonchev–Trinajstić information content (AvgIpc) is 2.09. The molecular weight excluding hydrogens is 156 g/mol. The summed E-state index contributed by atoms with van der Waals surface area (Å²) >= 11 is 0. The summed E-state index contributed by atoms with van der Waals surface area (Å²) in [7, 11) is 0. The zero-order chi connectivity index (χ0) is 9.94. The molecule has 0 aromatic rings. The third-order valence-electron chi connectivity index (χ3n) is 2.25. The van der Waals surface area contributed by atoms with Crippen LogP contribution in [-0.4, -0.2) is 0 Å². The van der Waals surface area contributed by atoms with Crippen molar-refractivity contribution < 1.29 is 0 Å². The summed E-state index contributed by atoms with van der Waals surface area (Å²) in [5.41, 5.74) is 0. The van der Waals surface area contributed by atoms with Crippen molar-refractivity contribution >= 4 is 0 Å². The Morgan fingerprint density at radius 3 is 2.15 bits per heavy atom. The Kier molecular flexibility index (Phi) is 9.63. The van der Waals surface area contributed by atoms with Gasteiger partial charge in [0.2, 0.25) is 0 Å². The predicted octanol–water partition coefficient (Wildman–Crippen LogP) is 4.95. The molecule has 13 heavy (non-hydrogen) atoms. The second-order valence-electron chi connectivity index (χ2n) is 4.23. The van der Waals surface area contributed by atoms with E-state index in [1.165, 1.54) is 44.9 Å². The molecule has 0 unspecified atom stereocenters. The molecule has 0 atom stereocenters. The number of allylic oxidation sites excluding steroid dienone is 2. The Labute approximate surface area is 84.4 Å². The van der Waals surface area contributed by atoms with Gasteiger partial charge in [-0.1, -0.05) is 65.0 Å². The quantitative estimate of drug-likeness (QED) is 0.368. The molecule has 0 saturated carbocycles. The predicted molar refractivity (Wildman–Crippen MR) is 62.0 cm³/mol. The lowest BCUT2D eigenvalue weighted by Crippen LogP contribution is -1.79. The molecule has 0 radical (unpaired) electrons. The lowest BCUT2D eigenvalue weighted by atomic mass is 10.1. The molecule has 0 nitrogen and oxygen atoms in total. The normalized spacial score (nSPS) is 11.7. The van der Waals surface area contributed by atoms with Crippen molar-refractivity contribution in [2.75, 3.05) is 0 Å². The topological polar surface area (TPSA) is 0 Å². The molecular formula is C13H26. The molecule has 0 aromatic heterocycles. The first-order chi connectivity index (χ1) is 6.27. The maximum atomic E-state index is 2.34. The Morgan fingerprint density at radius 2 is 1.54 bits per heavy atom. The molecule has 78 valence electrons. The summed E-state index contributed by atoms with van der Waals surface area (Å²) in [6.07, 6.45) is 14.4. The molecule has 0 heterocycles. The van der Waals surface area contributed by atoms with Gasteiger partial charge in [-0.25, -0.2) is 0 Å². The second-order valence-corrected chi connectivity index (χ2v) is 4.23. The molecule has 0 N–H and O–H groups in total. The smallest absolute Gasteiger partial charge is 0.0290 e. The monoisotopic (exact) mass is 182 g/mol. The highest BCUT2D eigenvalue weighted by Gasteiger charge is 1.88. The molecule has 0 aliphatic heterocycles.